The summed E-state index contributed by atoms with van der Waals surface area (Å²) in [5, 5.41) is 3.68. The lowest BCUT2D eigenvalue weighted by Gasteiger charge is -2.09. The number of rotatable bonds is 7. The van der Waals surface area contributed by atoms with E-state index in [1.807, 2.05) is 42.5 Å². The Bertz CT molecular complexity index is 863. The zero-order chi connectivity index (χ0) is 18.2. The second-order valence-electron chi connectivity index (χ2n) is 5.95. The normalized spacial score (nSPS) is 10.5. The van der Waals surface area contributed by atoms with Crippen molar-refractivity contribution in [3.8, 4) is 11.5 Å². The number of unbranched alkanes of at least 4 members (excludes halogenated alkanes) is 1. The summed E-state index contributed by atoms with van der Waals surface area (Å²) in [5.41, 5.74) is 1.84. The zero-order valence-corrected chi connectivity index (χ0v) is 14.8. The number of nitrogens with one attached hydrogen (secondary N) is 1. The number of hydrogen-bond donors (Lipinski definition) is 1. The van der Waals surface area contributed by atoms with Crippen molar-refractivity contribution in [3.63, 3.8) is 0 Å². The minimum absolute atomic E-state index is 0.392. The van der Waals surface area contributed by atoms with Crippen molar-refractivity contribution in [1.29, 1.82) is 0 Å². The van der Waals surface area contributed by atoms with Crippen molar-refractivity contribution in [3.05, 3.63) is 66.4 Å². The van der Waals surface area contributed by atoms with Crippen molar-refractivity contribution in [2.45, 2.75) is 26.3 Å². The molecule has 2 aromatic carbocycles. The maximum atomic E-state index is 12.0. The van der Waals surface area contributed by atoms with Gasteiger partial charge in [-0.05, 0) is 48.4 Å². The first kappa shape index (κ1) is 17.7. The number of amides is 1. The maximum absolute atomic E-state index is 12.0. The molecule has 134 valence electrons. The van der Waals surface area contributed by atoms with Gasteiger partial charge in [-0.3, -0.25) is 4.98 Å². The summed E-state index contributed by atoms with van der Waals surface area (Å²) >= 11 is 0. The minimum atomic E-state index is -0.489. The summed E-state index contributed by atoms with van der Waals surface area (Å²) < 4.78 is 11.0. The molecule has 0 bridgehead atoms. The topological polar surface area (TPSA) is 60.5 Å². The van der Waals surface area contributed by atoms with E-state index in [1.165, 1.54) is 0 Å². The van der Waals surface area contributed by atoms with Gasteiger partial charge in [0.15, 0.2) is 0 Å². The monoisotopic (exact) mass is 350 g/mol. The smallest absolute Gasteiger partial charge is 0.412 e. The number of nitrogens with zero attached hydrogens (tertiary/aromatic N) is 1. The Balaban J connectivity index is 1.50. The van der Waals surface area contributed by atoms with Crippen molar-refractivity contribution in [1.82, 2.24) is 10.3 Å². The summed E-state index contributed by atoms with van der Waals surface area (Å²) in [6, 6.07) is 16.8. The molecular formula is C21H22N2O3. The highest BCUT2D eigenvalue weighted by molar-refractivity contribution is 5.81. The number of pyridine rings is 1. The number of fused-ring (bicyclic) bond motifs is 1. The third-order valence-electron chi connectivity index (χ3n) is 3.91. The molecule has 0 spiro atoms. The van der Waals surface area contributed by atoms with E-state index < -0.39 is 6.09 Å². The largest absolute Gasteiger partial charge is 0.494 e. The van der Waals surface area contributed by atoms with Crippen LogP contribution in [0.15, 0.2) is 60.8 Å². The van der Waals surface area contributed by atoms with Gasteiger partial charge in [-0.25, -0.2) is 4.79 Å². The van der Waals surface area contributed by atoms with Crippen LogP contribution in [-0.2, 0) is 6.54 Å². The number of hydrogen-bond acceptors (Lipinski definition) is 4. The predicted octanol–water partition coefficient (Wildman–Crippen LogP) is 4.70. The molecule has 5 nitrogen and oxygen atoms in total. The Morgan fingerprint density at radius 2 is 1.88 bits per heavy atom. The average Bonchev–Trinajstić information content (AvgIpc) is 2.67. The van der Waals surface area contributed by atoms with Gasteiger partial charge in [0.1, 0.15) is 11.5 Å². The van der Waals surface area contributed by atoms with Crippen LogP contribution >= 0.6 is 0 Å². The molecule has 3 rings (SSSR count). The first-order valence-electron chi connectivity index (χ1n) is 8.77. The first-order chi connectivity index (χ1) is 12.7. The Labute approximate surface area is 153 Å². The van der Waals surface area contributed by atoms with E-state index in [4.69, 9.17) is 9.47 Å². The predicted molar refractivity (Wildman–Crippen MR) is 101 cm³/mol. The summed E-state index contributed by atoms with van der Waals surface area (Å²) in [6.45, 7) is 3.25. The number of carbonyl (C=O) groups excluding carboxylic acids is 1. The number of benzene rings is 2. The number of aromatic nitrogens is 1. The van der Waals surface area contributed by atoms with Gasteiger partial charge in [0.2, 0.25) is 0 Å². The van der Waals surface area contributed by atoms with Crippen LogP contribution in [0, 0.1) is 0 Å². The van der Waals surface area contributed by atoms with Gasteiger partial charge in [0.25, 0.3) is 0 Å². The standard InChI is InChI=1S/C21H22N2O3/c1-2-3-13-25-18-8-6-16(7-9-18)15-23-21(24)26-19-10-11-20-17(14-19)5-4-12-22-20/h4-12,14H,2-3,13,15H2,1H3,(H,23,24). The quantitative estimate of drug-likeness (QED) is 0.627. The minimum Gasteiger partial charge on any atom is -0.494 e. The zero-order valence-electron chi connectivity index (χ0n) is 14.8. The third kappa shape index (κ3) is 4.96. The molecule has 0 aliphatic rings. The Kier molecular flexibility index (Phi) is 6.04. The highest BCUT2D eigenvalue weighted by atomic mass is 16.6. The van der Waals surface area contributed by atoms with Gasteiger partial charge >= 0.3 is 6.09 Å². The maximum Gasteiger partial charge on any atom is 0.412 e. The number of carbonyl (C=O) groups is 1. The summed E-state index contributed by atoms with van der Waals surface area (Å²) in [4.78, 5) is 16.2. The van der Waals surface area contributed by atoms with Crippen LogP contribution in [0.3, 0.4) is 0 Å². The van der Waals surface area contributed by atoms with Crippen molar-refractivity contribution in [2.24, 2.45) is 0 Å². The summed E-state index contributed by atoms with van der Waals surface area (Å²) in [7, 11) is 0. The third-order valence-corrected chi connectivity index (χ3v) is 3.91. The van der Waals surface area contributed by atoms with Crippen LogP contribution in [0.25, 0.3) is 10.9 Å². The first-order valence-corrected chi connectivity index (χ1v) is 8.77. The SMILES string of the molecule is CCCCOc1ccc(CNC(=O)Oc2ccc3ncccc3c2)cc1. The molecule has 0 atom stereocenters. The molecule has 26 heavy (non-hydrogen) atoms. The fourth-order valence-corrected chi connectivity index (χ4v) is 2.47. The molecule has 0 radical (unpaired) electrons. The molecular weight excluding hydrogens is 328 g/mol. The van der Waals surface area contributed by atoms with E-state index in [9.17, 15) is 4.79 Å². The molecule has 1 amide bonds. The molecule has 0 aliphatic carbocycles. The lowest BCUT2D eigenvalue weighted by atomic mass is 10.2. The van der Waals surface area contributed by atoms with Crippen LogP contribution in [-0.4, -0.2) is 17.7 Å². The average molecular weight is 350 g/mol. The van der Waals surface area contributed by atoms with E-state index in [-0.39, 0.29) is 0 Å². The molecule has 1 N–H and O–H groups in total. The molecule has 0 fully saturated rings. The Morgan fingerprint density at radius 1 is 1.08 bits per heavy atom. The van der Waals surface area contributed by atoms with Crippen LogP contribution in [0.4, 0.5) is 4.79 Å². The summed E-state index contributed by atoms with van der Waals surface area (Å²) in [6.07, 6.45) is 3.39. The fraction of sp³-hybridized carbons (Fsp3) is 0.238. The lowest BCUT2D eigenvalue weighted by molar-refractivity contribution is 0.200. The van der Waals surface area contributed by atoms with Gasteiger partial charge in [0, 0.05) is 18.1 Å². The Morgan fingerprint density at radius 3 is 2.69 bits per heavy atom. The van der Waals surface area contributed by atoms with Crippen LogP contribution in [0.5, 0.6) is 11.5 Å². The molecule has 0 saturated carbocycles. The number of ether oxygens (including phenoxy) is 2. The summed E-state index contributed by atoms with van der Waals surface area (Å²) in [5.74, 6) is 1.33. The fourth-order valence-electron chi connectivity index (χ4n) is 2.47. The Hall–Kier alpha value is -3.08. The molecule has 0 unspecified atom stereocenters. The van der Waals surface area contributed by atoms with E-state index in [0.717, 1.165) is 41.7 Å². The highest BCUT2D eigenvalue weighted by Gasteiger charge is 2.05. The lowest BCUT2D eigenvalue weighted by Crippen LogP contribution is -2.26. The van der Waals surface area contributed by atoms with Gasteiger partial charge in [-0.1, -0.05) is 31.5 Å². The van der Waals surface area contributed by atoms with Gasteiger partial charge in [0.05, 0.1) is 12.1 Å². The van der Waals surface area contributed by atoms with Crippen molar-refractivity contribution >= 4 is 17.0 Å². The van der Waals surface area contributed by atoms with Crippen molar-refractivity contribution < 1.29 is 14.3 Å². The molecule has 3 aromatic rings. The highest BCUT2D eigenvalue weighted by Crippen LogP contribution is 2.19. The van der Waals surface area contributed by atoms with Gasteiger partial charge in [-0.15, -0.1) is 0 Å². The van der Waals surface area contributed by atoms with E-state index in [2.05, 4.69) is 17.2 Å². The molecule has 0 saturated heterocycles. The molecule has 1 aromatic heterocycles. The second kappa shape index (κ2) is 8.85. The second-order valence-corrected chi connectivity index (χ2v) is 5.95. The molecule has 1 heterocycles. The van der Waals surface area contributed by atoms with Crippen molar-refractivity contribution in [2.75, 3.05) is 6.61 Å². The van der Waals surface area contributed by atoms with Crippen LogP contribution in [0.2, 0.25) is 0 Å². The van der Waals surface area contributed by atoms with Gasteiger partial charge < -0.3 is 14.8 Å². The van der Waals surface area contributed by atoms with Gasteiger partial charge in [-0.2, -0.15) is 0 Å². The van der Waals surface area contributed by atoms with Crippen LogP contribution < -0.4 is 14.8 Å². The molecule has 0 aliphatic heterocycles. The van der Waals surface area contributed by atoms with E-state index in [1.54, 1.807) is 18.3 Å². The molecule has 5 heteroatoms. The van der Waals surface area contributed by atoms with Crippen LogP contribution in [0.1, 0.15) is 25.3 Å². The van der Waals surface area contributed by atoms with E-state index in [0.29, 0.717) is 12.3 Å². The van der Waals surface area contributed by atoms with E-state index >= 15 is 0 Å².